The summed E-state index contributed by atoms with van der Waals surface area (Å²) in [6.45, 7) is 6.57. The third-order valence-corrected chi connectivity index (χ3v) is 2.76. The standard InChI is InChI=1S/C13H18Cl2N2O/c1-8(2)7-16-13(18)9(3)17-12-5-10(14)4-11(15)6-12/h4-6,8-9,17H,7H2,1-3H3,(H,16,18). The largest absolute Gasteiger partial charge is 0.374 e. The van der Waals surface area contributed by atoms with E-state index in [1.54, 1.807) is 25.1 Å². The van der Waals surface area contributed by atoms with Gasteiger partial charge in [0.1, 0.15) is 6.04 Å². The molecule has 0 fully saturated rings. The maximum Gasteiger partial charge on any atom is 0.242 e. The maximum absolute atomic E-state index is 11.8. The monoisotopic (exact) mass is 288 g/mol. The first-order chi connectivity index (χ1) is 8.38. The molecule has 0 aliphatic carbocycles. The molecule has 100 valence electrons. The summed E-state index contributed by atoms with van der Waals surface area (Å²) in [5.41, 5.74) is 0.736. The van der Waals surface area contributed by atoms with E-state index in [0.717, 1.165) is 5.69 Å². The van der Waals surface area contributed by atoms with E-state index in [1.165, 1.54) is 0 Å². The fourth-order valence-electron chi connectivity index (χ4n) is 1.41. The smallest absolute Gasteiger partial charge is 0.242 e. The van der Waals surface area contributed by atoms with Crippen LogP contribution in [0.2, 0.25) is 10.0 Å². The minimum atomic E-state index is -0.335. The summed E-state index contributed by atoms with van der Waals surface area (Å²) in [7, 11) is 0. The Morgan fingerprint density at radius 2 is 1.72 bits per heavy atom. The third kappa shape index (κ3) is 5.15. The predicted molar refractivity (Wildman–Crippen MR) is 77.4 cm³/mol. The zero-order chi connectivity index (χ0) is 13.7. The number of carbonyl (C=O) groups is 1. The SMILES string of the molecule is CC(C)CNC(=O)C(C)Nc1cc(Cl)cc(Cl)c1. The van der Waals surface area contributed by atoms with Crippen LogP contribution in [0.1, 0.15) is 20.8 Å². The average Bonchev–Trinajstić information content (AvgIpc) is 2.24. The van der Waals surface area contributed by atoms with E-state index in [0.29, 0.717) is 22.5 Å². The van der Waals surface area contributed by atoms with E-state index in [1.807, 2.05) is 0 Å². The summed E-state index contributed by atoms with van der Waals surface area (Å²) in [4.78, 5) is 11.8. The zero-order valence-corrected chi connectivity index (χ0v) is 12.3. The highest BCUT2D eigenvalue weighted by Gasteiger charge is 2.12. The number of rotatable bonds is 5. The van der Waals surface area contributed by atoms with Gasteiger partial charge in [0.25, 0.3) is 0 Å². The number of anilines is 1. The number of carbonyl (C=O) groups excluding carboxylic acids is 1. The fraction of sp³-hybridized carbons (Fsp3) is 0.462. The Morgan fingerprint density at radius 1 is 1.17 bits per heavy atom. The molecule has 5 heteroatoms. The molecule has 1 atom stereocenters. The second-order valence-electron chi connectivity index (χ2n) is 4.66. The number of hydrogen-bond donors (Lipinski definition) is 2. The van der Waals surface area contributed by atoms with Crippen molar-refractivity contribution < 1.29 is 4.79 Å². The van der Waals surface area contributed by atoms with Crippen LogP contribution in [-0.4, -0.2) is 18.5 Å². The Balaban J connectivity index is 2.58. The fourth-order valence-corrected chi connectivity index (χ4v) is 1.94. The van der Waals surface area contributed by atoms with E-state index >= 15 is 0 Å². The van der Waals surface area contributed by atoms with Gasteiger partial charge in [-0.15, -0.1) is 0 Å². The Labute approximate surface area is 118 Å². The molecule has 0 saturated carbocycles. The van der Waals surface area contributed by atoms with Crippen molar-refractivity contribution in [2.75, 3.05) is 11.9 Å². The second-order valence-corrected chi connectivity index (χ2v) is 5.54. The lowest BCUT2D eigenvalue weighted by atomic mass is 10.2. The normalized spacial score (nSPS) is 12.3. The van der Waals surface area contributed by atoms with Crippen LogP contribution in [0.3, 0.4) is 0 Å². The summed E-state index contributed by atoms with van der Waals surface area (Å²) < 4.78 is 0. The van der Waals surface area contributed by atoms with Crippen molar-refractivity contribution in [3.8, 4) is 0 Å². The summed E-state index contributed by atoms with van der Waals surface area (Å²) in [6, 6.07) is 4.79. The minimum absolute atomic E-state index is 0.0419. The topological polar surface area (TPSA) is 41.1 Å². The molecule has 1 aromatic rings. The Morgan fingerprint density at radius 3 is 2.22 bits per heavy atom. The van der Waals surface area contributed by atoms with Gasteiger partial charge in [0.05, 0.1) is 0 Å². The van der Waals surface area contributed by atoms with E-state index in [4.69, 9.17) is 23.2 Å². The quantitative estimate of drug-likeness (QED) is 0.870. The van der Waals surface area contributed by atoms with Gasteiger partial charge in [-0.25, -0.2) is 0 Å². The zero-order valence-electron chi connectivity index (χ0n) is 10.8. The molecule has 1 unspecified atom stereocenters. The van der Waals surface area contributed by atoms with Crippen LogP contribution in [0.4, 0.5) is 5.69 Å². The average molecular weight is 289 g/mol. The molecule has 0 saturated heterocycles. The van der Waals surface area contributed by atoms with Crippen LogP contribution in [0, 0.1) is 5.92 Å². The van der Waals surface area contributed by atoms with Crippen LogP contribution < -0.4 is 10.6 Å². The van der Waals surface area contributed by atoms with Crippen molar-refractivity contribution in [1.82, 2.24) is 5.32 Å². The molecule has 0 aromatic heterocycles. The van der Waals surface area contributed by atoms with Gasteiger partial charge in [-0.3, -0.25) is 4.79 Å². The summed E-state index contributed by atoms with van der Waals surface area (Å²) in [6.07, 6.45) is 0. The summed E-state index contributed by atoms with van der Waals surface area (Å²) in [5.74, 6) is 0.390. The molecule has 1 rings (SSSR count). The van der Waals surface area contributed by atoms with Crippen molar-refractivity contribution >= 4 is 34.8 Å². The Kier molecular flexibility index (Phi) is 5.76. The number of amides is 1. The highest BCUT2D eigenvalue weighted by atomic mass is 35.5. The van der Waals surface area contributed by atoms with Crippen molar-refractivity contribution in [2.45, 2.75) is 26.8 Å². The van der Waals surface area contributed by atoms with Gasteiger partial charge in [-0.05, 0) is 31.0 Å². The van der Waals surface area contributed by atoms with Crippen LogP contribution in [0.25, 0.3) is 0 Å². The molecule has 0 aliphatic heterocycles. The van der Waals surface area contributed by atoms with E-state index < -0.39 is 0 Å². The van der Waals surface area contributed by atoms with Crippen molar-refractivity contribution in [3.05, 3.63) is 28.2 Å². The molecular formula is C13H18Cl2N2O. The number of halogens is 2. The van der Waals surface area contributed by atoms with Gasteiger partial charge in [-0.1, -0.05) is 37.0 Å². The van der Waals surface area contributed by atoms with Gasteiger partial charge in [0.2, 0.25) is 5.91 Å². The lowest BCUT2D eigenvalue weighted by Gasteiger charge is -2.16. The van der Waals surface area contributed by atoms with Gasteiger partial charge in [0.15, 0.2) is 0 Å². The first-order valence-electron chi connectivity index (χ1n) is 5.89. The third-order valence-electron chi connectivity index (χ3n) is 2.32. The summed E-state index contributed by atoms with van der Waals surface area (Å²) >= 11 is 11.8. The molecule has 0 heterocycles. The molecule has 2 N–H and O–H groups in total. The molecule has 0 aliphatic rings. The Bertz CT molecular complexity index is 401. The van der Waals surface area contributed by atoms with Crippen LogP contribution in [-0.2, 0) is 4.79 Å². The van der Waals surface area contributed by atoms with Gasteiger partial charge >= 0.3 is 0 Å². The molecule has 1 aromatic carbocycles. The molecule has 0 bridgehead atoms. The molecule has 0 radical (unpaired) electrons. The number of benzene rings is 1. The first kappa shape index (κ1) is 15.1. The van der Waals surface area contributed by atoms with E-state index in [9.17, 15) is 4.79 Å². The molecule has 18 heavy (non-hydrogen) atoms. The predicted octanol–water partition coefficient (Wildman–Crippen LogP) is 3.57. The van der Waals surface area contributed by atoms with E-state index in [-0.39, 0.29) is 11.9 Å². The van der Waals surface area contributed by atoms with Gasteiger partial charge < -0.3 is 10.6 Å². The highest BCUT2D eigenvalue weighted by molar-refractivity contribution is 6.35. The highest BCUT2D eigenvalue weighted by Crippen LogP contribution is 2.22. The minimum Gasteiger partial charge on any atom is -0.374 e. The number of nitrogens with one attached hydrogen (secondary N) is 2. The molecule has 1 amide bonds. The molecular weight excluding hydrogens is 271 g/mol. The van der Waals surface area contributed by atoms with Crippen molar-refractivity contribution in [2.24, 2.45) is 5.92 Å². The lowest BCUT2D eigenvalue weighted by molar-refractivity contribution is -0.121. The van der Waals surface area contributed by atoms with Crippen LogP contribution in [0.5, 0.6) is 0 Å². The molecule has 0 spiro atoms. The first-order valence-corrected chi connectivity index (χ1v) is 6.64. The second kappa shape index (κ2) is 6.86. The Hall–Kier alpha value is -0.930. The van der Waals surface area contributed by atoms with Crippen molar-refractivity contribution in [1.29, 1.82) is 0 Å². The van der Waals surface area contributed by atoms with E-state index in [2.05, 4.69) is 24.5 Å². The van der Waals surface area contributed by atoms with Gasteiger partial charge in [-0.2, -0.15) is 0 Å². The van der Waals surface area contributed by atoms with Crippen LogP contribution in [0.15, 0.2) is 18.2 Å². The van der Waals surface area contributed by atoms with Crippen LogP contribution >= 0.6 is 23.2 Å². The summed E-state index contributed by atoms with van der Waals surface area (Å²) in [5, 5.41) is 7.01. The van der Waals surface area contributed by atoms with Crippen molar-refractivity contribution in [3.63, 3.8) is 0 Å². The maximum atomic E-state index is 11.8. The molecule has 3 nitrogen and oxygen atoms in total. The van der Waals surface area contributed by atoms with Gasteiger partial charge in [0, 0.05) is 22.3 Å². The number of hydrogen-bond acceptors (Lipinski definition) is 2. The lowest BCUT2D eigenvalue weighted by Crippen LogP contribution is -2.39.